The van der Waals surface area contributed by atoms with E-state index in [1.54, 1.807) is 6.07 Å². The number of benzene rings is 1. The smallest absolute Gasteiger partial charge is 0.247 e. The van der Waals surface area contributed by atoms with Crippen LogP contribution in [0.2, 0.25) is 0 Å². The number of amides is 1. The Hall–Kier alpha value is -1.27. The van der Waals surface area contributed by atoms with Gasteiger partial charge in [0.1, 0.15) is 5.82 Å². The zero-order valence-corrected chi connectivity index (χ0v) is 10.4. The lowest BCUT2D eigenvalue weighted by Gasteiger charge is -2.15. The number of hydrazine groups is 1. The van der Waals surface area contributed by atoms with Crippen molar-refractivity contribution in [2.45, 2.75) is 29.9 Å². The van der Waals surface area contributed by atoms with Crippen molar-refractivity contribution < 1.29 is 9.18 Å². The zero-order valence-electron chi connectivity index (χ0n) is 9.57. The Bertz CT molecular complexity index is 400. The van der Waals surface area contributed by atoms with Gasteiger partial charge in [-0.3, -0.25) is 10.2 Å². The Morgan fingerprint density at radius 1 is 1.59 bits per heavy atom. The van der Waals surface area contributed by atoms with E-state index in [1.807, 2.05) is 6.92 Å². The van der Waals surface area contributed by atoms with Crippen LogP contribution in [0.4, 0.5) is 10.1 Å². The van der Waals surface area contributed by atoms with Gasteiger partial charge in [-0.25, -0.2) is 10.2 Å². The van der Waals surface area contributed by atoms with Gasteiger partial charge in [-0.1, -0.05) is 13.3 Å². The molecule has 1 rings (SSSR count). The molecule has 0 heterocycles. The van der Waals surface area contributed by atoms with E-state index in [2.05, 4.69) is 5.43 Å². The fraction of sp³-hybridized carbons (Fsp3) is 0.364. The third-order valence-corrected chi connectivity index (χ3v) is 3.59. The number of halogens is 1. The summed E-state index contributed by atoms with van der Waals surface area (Å²) in [7, 11) is 0. The molecule has 0 spiro atoms. The first-order valence-electron chi connectivity index (χ1n) is 5.30. The molecule has 6 heteroatoms. The van der Waals surface area contributed by atoms with Crippen molar-refractivity contribution in [1.82, 2.24) is 5.43 Å². The molecule has 0 fully saturated rings. The Balaban J connectivity index is 2.82. The minimum absolute atomic E-state index is 0.249. The average molecular weight is 257 g/mol. The number of rotatable bonds is 5. The third-order valence-electron chi connectivity index (χ3n) is 2.23. The van der Waals surface area contributed by atoms with E-state index in [1.165, 1.54) is 23.9 Å². The predicted molar refractivity (Wildman–Crippen MR) is 67.7 cm³/mol. The van der Waals surface area contributed by atoms with Gasteiger partial charge in [-0.2, -0.15) is 0 Å². The van der Waals surface area contributed by atoms with Crippen LogP contribution in [0.5, 0.6) is 0 Å². The molecule has 94 valence electrons. The Morgan fingerprint density at radius 2 is 2.29 bits per heavy atom. The highest BCUT2D eigenvalue weighted by atomic mass is 32.2. The predicted octanol–water partition coefficient (Wildman–Crippen LogP) is 1.66. The molecule has 0 bridgehead atoms. The normalized spacial score (nSPS) is 12.2. The third kappa shape index (κ3) is 3.90. The van der Waals surface area contributed by atoms with Crippen LogP contribution in [-0.4, -0.2) is 11.2 Å². The number of hydrogen-bond donors (Lipinski definition) is 3. The van der Waals surface area contributed by atoms with Gasteiger partial charge in [0.15, 0.2) is 0 Å². The number of anilines is 1. The molecule has 1 unspecified atom stereocenters. The van der Waals surface area contributed by atoms with Gasteiger partial charge in [0.25, 0.3) is 0 Å². The van der Waals surface area contributed by atoms with E-state index in [-0.39, 0.29) is 17.0 Å². The molecule has 0 aliphatic carbocycles. The van der Waals surface area contributed by atoms with Crippen LogP contribution < -0.4 is 17.0 Å². The molecule has 0 radical (unpaired) electrons. The number of hydrogen-bond acceptors (Lipinski definition) is 4. The Morgan fingerprint density at radius 3 is 2.82 bits per heavy atom. The van der Waals surface area contributed by atoms with Crippen molar-refractivity contribution in [3.8, 4) is 0 Å². The van der Waals surface area contributed by atoms with E-state index in [4.69, 9.17) is 11.6 Å². The molecule has 5 N–H and O–H groups in total. The number of carbonyl (C=O) groups is 1. The maximum Gasteiger partial charge on any atom is 0.247 e. The topological polar surface area (TPSA) is 81.1 Å². The summed E-state index contributed by atoms with van der Waals surface area (Å²) in [5.41, 5.74) is 8.14. The molecule has 0 saturated carbocycles. The maximum atomic E-state index is 12.9. The fourth-order valence-corrected chi connectivity index (χ4v) is 2.56. The molecule has 0 aliphatic rings. The number of thioether (sulfide) groups is 1. The van der Waals surface area contributed by atoms with Crippen LogP contribution in [0.15, 0.2) is 23.1 Å². The SMILES string of the molecule is CCCC(Sc1ccc(F)cc1N)C(=O)NN. The summed E-state index contributed by atoms with van der Waals surface area (Å²) in [6.45, 7) is 1.98. The van der Waals surface area contributed by atoms with Crippen molar-refractivity contribution in [1.29, 1.82) is 0 Å². The molecule has 0 saturated heterocycles. The highest BCUT2D eigenvalue weighted by Crippen LogP contribution is 2.31. The van der Waals surface area contributed by atoms with Gasteiger partial charge >= 0.3 is 0 Å². The van der Waals surface area contributed by atoms with Gasteiger partial charge in [-0.15, -0.1) is 11.8 Å². The average Bonchev–Trinajstić information content (AvgIpc) is 2.30. The Labute approximate surface area is 104 Å². The standard InChI is InChI=1S/C11H16FN3OS/c1-2-3-10(11(16)15-14)17-9-5-4-7(12)6-8(9)13/h4-6,10H,2-3,13-14H2,1H3,(H,15,16). The summed E-state index contributed by atoms with van der Waals surface area (Å²) in [6.07, 6.45) is 1.54. The van der Waals surface area contributed by atoms with Gasteiger partial charge in [0.2, 0.25) is 5.91 Å². The molecule has 1 aromatic rings. The van der Waals surface area contributed by atoms with Crippen LogP contribution in [0.25, 0.3) is 0 Å². The number of nitrogens with two attached hydrogens (primary N) is 2. The molecule has 4 nitrogen and oxygen atoms in total. The lowest BCUT2D eigenvalue weighted by molar-refractivity contribution is -0.120. The molecule has 1 amide bonds. The van der Waals surface area contributed by atoms with Crippen LogP contribution in [0.1, 0.15) is 19.8 Å². The summed E-state index contributed by atoms with van der Waals surface area (Å²) in [5.74, 6) is 4.48. The number of nitrogens with one attached hydrogen (secondary N) is 1. The molecule has 1 atom stereocenters. The van der Waals surface area contributed by atoms with Crippen LogP contribution >= 0.6 is 11.8 Å². The molecule has 1 aromatic carbocycles. The summed E-state index contributed by atoms with van der Waals surface area (Å²) in [5, 5.41) is -0.308. The van der Waals surface area contributed by atoms with Crippen molar-refractivity contribution >= 4 is 23.4 Å². The second-order valence-corrected chi connectivity index (χ2v) is 4.83. The summed E-state index contributed by atoms with van der Waals surface area (Å²) in [4.78, 5) is 12.2. The highest BCUT2D eigenvalue weighted by molar-refractivity contribution is 8.00. The van der Waals surface area contributed by atoms with Crippen LogP contribution in [0, 0.1) is 5.82 Å². The van der Waals surface area contributed by atoms with E-state index >= 15 is 0 Å². The molecular formula is C11H16FN3OS. The molecule has 0 aliphatic heterocycles. The number of nitrogen functional groups attached to an aromatic ring is 1. The molecule has 0 aromatic heterocycles. The first kappa shape index (κ1) is 13.8. The van der Waals surface area contributed by atoms with E-state index in [0.29, 0.717) is 17.0 Å². The highest BCUT2D eigenvalue weighted by Gasteiger charge is 2.19. The van der Waals surface area contributed by atoms with Crippen molar-refractivity contribution in [2.75, 3.05) is 5.73 Å². The quantitative estimate of drug-likeness (QED) is 0.246. The lowest BCUT2D eigenvalue weighted by Crippen LogP contribution is -2.37. The van der Waals surface area contributed by atoms with E-state index in [9.17, 15) is 9.18 Å². The summed E-state index contributed by atoms with van der Waals surface area (Å²) < 4.78 is 12.9. The fourth-order valence-electron chi connectivity index (χ4n) is 1.38. The van der Waals surface area contributed by atoms with Crippen molar-refractivity contribution in [3.05, 3.63) is 24.0 Å². The van der Waals surface area contributed by atoms with Gasteiger partial charge in [-0.05, 0) is 24.6 Å². The molecular weight excluding hydrogens is 241 g/mol. The maximum absolute atomic E-state index is 12.9. The van der Waals surface area contributed by atoms with Gasteiger partial charge in [0, 0.05) is 10.6 Å². The van der Waals surface area contributed by atoms with Crippen molar-refractivity contribution in [3.63, 3.8) is 0 Å². The van der Waals surface area contributed by atoms with Crippen LogP contribution in [-0.2, 0) is 4.79 Å². The largest absolute Gasteiger partial charge is 0.398 e. The number of carbonyl (C=O) groups excluding carboxylic acids is 1. The summed E-state index contributed by atoms with van der Waals surface area (Å²) >= 11 is 1.30. The second-order valence-electron chi connectivity index (χ2n) is 3.59. The first-order chi connectivity index (χ1) is 8.08. The van der Waals surface area contributed by atoms with E-state index < -0.39 is 0 Å². The monoisotopic (exact) mass is 257 g/mol. The van der Waals surface area contributed by atoms with Crippen LogP contribution in [0.3, 0.4) is 0 Å². The van der Waals surface area contributed by atoms with Crippen molar-refractivity contribution in [2.24, 2.45) is 5.84 Å². The Kier molecular flexibility index (Phi) is 5.24. The summed E-state index contributed by atoms with van der Waals surface area (Å²) in [6, 6.07) is 4.13. The van der Waals surface area contributed by atoms with Gasteiger partial charge < -0.3 is 5.73 Å². The van der Waals surface area contributed by atoms with Gasteiger partial charge in [0.05, 0.1) is 5.25 Å². The van der Waals surface area contributed by atoms with E-state index in [0.717, 1.165) is 6.42 Å². The minimum atomic E-state index is -0.387. The second kappa shape index (κ2) is 6.46. The minimum Gasteiger partial charge on any atom is -0.398 e. The molecule has 17 heavy (non-hydrogen) atoms. The first-order valence-corrected chi connectivity index (χ1v) is 6.18. The zero-order chi connectivity index (χ0) is 12.8. The lowest BCUT2D eigenvalue weighted by atomic mass is 10.2.